The van der Waals surface area contributed by atoms with Gasteiger partial charge in [0, 0.05) is 18.2 Å². The summed E-state index contributed by atoms with van der Waals surface area (Å²) in [5, 5.41) is 41.2. The van der Waals surface area contributed by atoms with Crippen molar-refractivity contribution in [1.29, 1.82) is 0 Å². The van der Waals surface area contributed by atoms with E-state index in [4.69, 9.17) is 10.2 Å². The lowest BCUT2D eigenvalue weighted by Crippen LogP contribution is -2.32. The molecule has 5 N–H and O–H groups in total. The first-order chi connectivity index (χ1) is 11.9. The Balaban J connectivity index is 1.92. The summed E-state index contributed by atoms with van der Waals surface area (Å²) in [6, 6.07) is 11.5. The standard InChI is InChI=1S/C19H23NO5/c1-12(7-13-3-2-4-15(8-13)19(24)25)20-10-18(23)14-5-6-17(22)16(9-14)11-21/h2-6,8-9,12,18,20-23H,7,10-11H2,1H3,(H,24,25)/t12?,18-/m0/s1. The zero-order chi connectivity index (χ0) is 18.4. The molecule has 2 rings (SSSR count). The van der Waals surface area contributed by atoms with E-state index in [1.807, 2.05) is 13.0 Å². The summed E-state index contributed by atoms with van der Waals surface area (Å²) in [7, 11) is 0. The fraction of sp³-hybridized carbons (Fsp3) is 0.316. The lowest BCUT2D eigenvalue weighted by Gasteiger charge is -2.18. The number of aromatic hydroxyl groups is 1. The Kier molecular flexibility index (Phi) is 6.52. The maximum Gasteiger partial charge on any atom is 0.335 e. The van der Waals surface area contributed by atoms with Crippen LogP contribution in [0.2, 0.25) is 0 Å². The predicted molar refractivity (Wildman–Crippen MR) is 93.6 cm³/mol. The van der Waals surface area contributed by atoms with Crippen LogP contribution in [0.1, 0.15) is 40.1 Å². The molecule has 0 saturated heterocycles. The Morgan fingerprint density at radius 1 is 1.20 bits per heavy atom. The van der Waals surface area contributed by atoms with Gasteiger partial charge in [0.05, 0.1) is 18.3 Å². The predicted octanol–water partition coefficient (Wildman–Crippen LogP) is 1.84. The van der Waals surface area contributed by atoms with Gasteiger partial charge in [0.25, 0.3) is 0 Å². The number of aromatic carboxylic acids is 1. The SMILES string of the molecule is CC(Cc1cccc(C(=O)O)c1)NC[C@H](O)c1ccc(O)c(CO)c1. The molecule has 0 heterocycles. The van der Waals surface area contributed by atoms with Crippen molar-refractivity contribution >= 4 is 5.97 Å². The number of aliphatic hydroxyl groups excluding tert-OH is 2. The highest BCUT2D eigenvalue weighted by atomic mass is 16.4. The van der Waals surface area contributed by atoms with Crippen LogP contribution < -0.4 is 5.32 Å². The molecule has 0 aliphatic heterocycles. The van der Waals surface area contributed by atoms with Gasteiger partial charge in [0.1, 0.15) is 5.75 Å². The quantitative estimate of drug-likeness (QED) is 0.499. The van der Waals surface area contributed by atoms with Gasteiger partial charge in [-0.3, -0.25) is 0 Å². The first-order valence-electron chi connectivity index (χ1n) is 8.07. The molecule has 6 nitrogen and oxygen atoms in total. The van der Waals surface area contributed by atoms with Gasteiger partial charge in [0.15, 0.2) is 0 Å². The Hall–Kier alpha value is -2.41. The van der Waals surface area contributed by atoms with Gasteiger partial charge in [-0.25, -0.2) is 4.79 Å². The van der Waals surface area contributed by atoms with Gasteiger partial charge >= 0.3 is 5.97 Å². The number of carbonyl (C=O) groups is 1. The third-order valence-electron chi connectivity index (χ3n) is 4.03. The van der Waals surface area contributed by atoms with Gasteiger partial charge < -0.3 is 25.7 Å². The van der Waals surface area contributed by atoms with E-state index >= 15 is 0 Å². The van der Waals surface area contributed by atoms with Gasteiger partial charge in [-0.2, -0.15) is 0 Å². The molecular formula is C19H23NO5. The second-order valence-electron chi connectivity index (χ2n) is 6.08. The lowest BCUT2D eigenvalue weighted by atomic mass is 10.0. The van der Waals surface area contributed by atoms with E-state index in [0.717, 1.165) is 5.56 Å². The van der Waals surface area contributed by atoms with Crippen LogP contribution >= 0.6 is 0 Å². The largest absolute Gasteiger partial charge is 0.508 e. The molecule has 0 aromatic heterocycles. The van der Waals surface area contributed by atoms with Gasteiger partial charge in [-0.1, -0.05) is 18.2 Å². The van der Waals surface area contributed by atoms with E-state index in [0.29, 0.717) is 24.1 Å². The van der Waals surface area contributed by atoms with Crippen LogP contribution in [0.5, 0.6) is 5.75 Å². The van der Waals surface area contributed by atoms with Crippen molar-refractivity contribution in [3.05, 3.63) is 64.7 Å². The second kappa shape index (κ2) is 8.62. The van der Waals surface area contributed by atoms with Gasteiger partial charge in [-0.15, -0.1) is 0 Å². The number of benzene rings is 2. The summed E-state index contributed by atoms with van der Waals surface area (Å²) in [5.74, 6) is -0.956. The lowest BCUT2D eigenvalue weighted by molar-refractivity contribution is 0.0696. The van der Waals surface area contributed by atoms with Crippen LogP contribution in [0.3, 0.4) is 0 Å². The zero-order valence-corrected chi connectivity index (χ0v) is 14.0. The monoisotopic (exact) mass is 345 g/mol. The number of phenols is 1. The smallest absolute Gasteiger partial charge is 0.335 e. The molecule has 2 aromatic carbocycles. The first-order valence-corrected chi connectivity index (χ1v) is 8.07. The van der Waals surface area contributed by atoms with Crippen LogP contribution in [-0.2, 0) is 13.0 Å². The van der Waals surface area contributed by atoms with E-state index < -0.39 is 12.1 Å². The minimum absolute atomic E-state index is 0.00177. The molecule has 134 valence electrons. The minimum Gasteiger partial charge on any atom is -0.508 e. The number of rotatable bonds is 8. The highest BCUT2D eigenvalue weighted by molar-refractivity contribution is 5.87. The topological polar surface area (TPSA) is 110 Å². The number of nitrogens with one attached hydrogen (secondary N) is 1. The average Bonchev–Trinajstić information content (AvgIpc) is 2.60. The van der Waals surface area contributed by atoms with Gasteiger partial charge in [0.2, 0.25) is 0 Å². The van der Waals surface area contributed by atoms with E-state index in [9.17, 15) is 15.0 Å². The summed E-state index contributed by atoms with van der Waals surface area (Å²) in [6.07, 6.45) is -0.149. The highest BCUT2D eigenvalue weighted by Gasteiger charge is 2.12. The summed E-state index contributed by atoms with van der Waals surface area (Å²) < 4.78 is 0. The maximum atomic E-state index is 11.0. The Bertz CT molecular complexity index is 732. The third-order valence-corrected chi connectivity index (χ3v) is 4.03. The number of hydrogen-bond donors (Lipinski definition) is 5. The molecule has 2 atom stereocenters. The van der Waals surface area contributed by atoms with E-state index in [2.05, 4.69) is 5.32 Å². The molecule has 0 spiro atoms. The summed E-state index contributed by atoms with van der Waals surface area (Å²) >= 11 is 0. The Morgan fingerprint density at radius 3 is 2.64 bits per heavy atom. The molecule has 0 aliphatic rings. The normalized spacial score (nSPS) is 13.4. The van der Waals surface area contributed by atoms with Gasteiger partial charge in [-0.05, 0) is 48.7 Å². The summed E-state index contributed by atoms with van der Waals surface area (Å²) in [6.45, 7) is 1.96. The summed E-state index contributed by atoms with van der Waals surface area (Å²) in [4.78, 5) is 11.0. The van der Waals surface area contributed by atoms with Crippen LogP contribution in [0.15, 0.2) is 42.5 Å². The number of hydrogen-bond acceptors (Lipinski definition) is 5. The molecule has 25 heavy (non-hydrogen) atoms. The Morgan fingerprint density at radius 2 is 1.96 bits per heavy atom. The number of carboxylic acid groups (broad SMARTS) is 1. The fourth-order valence-electron chi connectivity index (χ4n) is 2.63. The fourth-order valence-corrected chi connectivity index (χ4v) is 2.63. The van der Waals surface area contributed by atoms with E-state index in [1.54, 1.807) is 30.3 Å². The van der Waals surface area contributed by atoms with Crippen LogP contribution in [0.4, 0.5) is 0 Å². The Labute approximate surface area is 146 Å². The maximum absolute atomic E-state index is 11.0. The first kappa shape index (κ1) is 18.9. The number of carboxylic acids is 1. The van der Waals surface area contributed by atoms with Crippen molar-refractivity contribution in [2.24, 2.45) is 0 Å². The molecule has 0 radical (unpaired) electrons. The van der Waals surface area contributed by atoms with Crippen molar-refractivity contribution in [2.75, 3.05) is 6.54 Å². The molecule has 2 aromatic rings. The van der Waals surface area contributed by atoms with Crippen molar-refractivity contribution in [1.82, 2.24) is 5.32 Å². The van der Waals surface area contributed by atoms with Crippen LogP contribution in [-0.4, -0.2) is 39.0 Å². The van der Waals surface area contributed by atoms with Crippen molar-refractivity contribution < 1.29 is 25.2 Å². The molecule has 0 fully saturated rings. The molecule has 0 saturated carbocycles. The molecule has 1 unspecified atom stereocenters. The molecule has 0 bridgehead atoms. The van der Waals surface area contributed by atoms with Crippen LogP contribution in [0, 0.1) is 0 Å². The molecule has 0 amide bonds. The number of aliphatic hydroxyl groups is 2. The highest BCUT2D eigenvalue weighted by Crippen LogP contribution is 2.22. The molecular weight excluding hydrogens is 322 g/mol. The third kappa shape index (κ3) is 5.29. The van der Waals surface area contributed by atoms with E-state index in [1.165, 1.54) is 6.07 Å². The van der Waals surface area contributed by atoms with Crippen LogP contribution in [0.25, 0.3) is 0 Å². The van der Waals surface area contributed by atoms with Crippen molar-refractivity contribution in [3.63, 3.8) is 0 Å². The zero-order valence-electron chi connectivity index (χ0n) is 14.0. The minimum atomic E-state index is -0.954. The second-order valence-corrected chi connectivity index (χ2v) is 6.08. The van der Waals surface area contributed by atoms with E-state index in [-0.39, 0.29) is 24.0 Å². The molecule has 0 aliphatic carbocycles. The molecule has 6 heteroatoms. The summed E-state index contributed by atoms with van der Waals surface area (Å²) in [5.41, 5.74) is 2.14. The average molecular weight is 345 g/mol. The van der Waals surface area contributed by atoms with Crippen molar-refractivity contribution in [2.45, 2.75) is 32.1 Å². The van der Waals surface area contributed by atoms with Crippen molar-refractivity contribution in [3.8, 4) is 5.75 Å².